The molecule has 2 atom stereocenters. The van der Waals surface area contributed by atoms with E-state index in [1.807, 2.05) is 0 Å². The van der Waals surface area contributed by atoms with E-state index in [1.54, 1.807) is 0 Å². The van der Waals surface area contributed by atoms with Gasteiger partial charge in [-0.1, -0.05) is 0 Å². The quantitative estimate of drug-likeness (QED) is 0.795. The Morgan fingerprint density at radius 3 is 2.14 bits per heavy atom. The number of ether oxygens (including phenoxy) is 3. The summed E-state index contributed by atoms with van der Waals surface area (Å²) in [6, 6.07) is 0.493. The van der Waals surface area contributed by atoms with Crippen molar-refractivity contribution < 1.29 is 14.2 Å². The molecule has 2 heterocycles. The summed E-state index contributed by atoms with van der Waals surface area (Å²) >= 11 is 0. The van der Waals surface area contributed by atoms with Gasteiger partial charge in [-0.2, -0.15) is 0 Å². The van der Waals surface area contributed by atoms with Crippen LogP contribution in [0.5, 0.6) is 0 Å². The van der Waals surface area contributed by atoms with Crippen LogP contribution in [0.4, 0.5) is 0 Å². The van der Waals surface area contributed by atoms with Crippen molar-refractivity contribution in [2.45, 2.75) is 76.0 Å². The van der Waals surface area contributed by atoms with Gasteiger partial charge < -0.3 is 19.9 Å². The van der Waals surface area contributed by atoms with Gasteiger partial charge in [-0.25, -0.2) is 0 Å². The predicted molar refractivity (Wildman–Crippen MR) is 81.1 cm³/mol. The van der Waals surface area contributed by atoms with Crippen molar-refractivity contribution in [3.8, 4) is 0 Å². The molecule has 5 heteroatoms. The molecular weight excluding hydrogens is 268 g/mol. The van der Waals surface area contributed by atoms with Crippen LogP contribution in [0.2, 0.25) is 0 Å². The van der Waals surface area contributed by atoms with Crippen molar-refractivity contribution in [1.29, 1.82) is 0 Å². The summed E-state index contributed by atoms with van der Waals surface area (Å²) in [5.41, 5.74) is 6.15. The molecule has 3 fully saturated rings. The zero-order chi connectivity index (χ0) is 15.3. The minimum absolute atomic E-state index is 0.149. The highest BCUT2D eigenvalue weighted by molar-refractivity contribution is 5.00. The average molecular weight is 298 g/mol. The van der Waals surface area contributed by atoms with Crippen LogP contribution < -0.4 is 5.73 Å². The molecule has 1 aliphatic carbocycles. The van der Waals surface area contributed by atoms with Gasteiger partial charge in [0, 0.05) is 38.0 Å². The Morgan fingerprint density at radius 2 is 1.57 bits per heavy atom. The number of nitrogens with zero attached hydrogens (tertiary/aromatic N) is 1. The molecule has 0 aromatic carbocycles. The smallest absolute Gasteiger partial charge is 0.170 e. The van der Waals surface area contributed by atoms with Crippen LogP contribution in [-0.4, -0.2) is 60.3 Å². The van der Waals surface area contributed by atoms with E-state index in [2.05, 4.69) is 32.6 Å². The fourth-order valence-electron chi connectivity index (χ4n) is 4.39. The normalized spacial score (nSPS) is 38.7. The summed E-state index contributed by atoms with van der Waals surface area (Å²) < 4.78 is 18.0. The van der Waals surface area contributed by atoms with Gasteiger partial charge in [0.2, 0.25) is 0 Å². The van der Waals surface area contributed by atoms with Crippen LogP contribution in [0, 0.1) is 0 Å². The van der Waals surface area contributed by atoms with Gasteiger partial charge in [0.15, 0.2) is 5.79 Å². The third-order valence-corrected chi connectivity index (χ3v) is 4.88. The Kier molecular flexibility index (Phi) is 3.86. The maximum Gasteiger partial charge on any atom is 0.170 e. The molecule has 1 saturated carbocycles. The molecule has 3 aliphatic rings. The van der Waals surface area contributed by atoms with Crippen LogP contribution in [0.15, 0.2) is 0 Å². The first kappa shape index (κ1) is 15.7. The van der Waals surface area contributed by atoms with E-state index in [0.29, 0.717) is 19.3 Å². The van der Waals surface area contributed by atoms with E-state index >= 15 is 0 Å². The highest BCUT2D eigenvalue weighted by atomic mass is 16.7. The van der Waals surface area contributed by atoms with Crippen LogP contribution in [0.1, 0.15) is 47.0 Å². The van der Waals surface area contributed by atoms with Gasteiger partial charge in [0.25, 0.3) is 0 Å². The van der Waals surface area contributed by atoms with Crippen molar-refractivity contribution in [2.24, 2.45) is 5.73 Å². The second-order valence-electron chi connectivity index (χ2n) is 8.11. The Balaban J connectivity index is 1.77. The summed E-state index contributed by atoms with van der Waals surface area (Å²) in [6.07, 6.45) is 2.75. The Morgan fingerprint density at radius 1 is 1.00 bits per heavy atom. The lowest BCUT2D eigenvalue weighted by molar-refractivity contribution is -0.220. The van der Waals surface area contributed by atoms with Gasteiger partial charge in [-0.15, -0.1) is 0 Å². The third kappa shape index (κ3) is 3.27. The van der Waals surface area contributed by atoms with Crippen molar-refractivity contribution in [1.82, 2.24) is 4.90 Å². The van der Waals surface area contributed by atoms with E-state index in [4.69, 9.17) is 19.9 Å². The summed E-state index contributed by atoms with van der Waals surface area (Å²) in [6.45, 7) is 11.9. The third-order valence-electron chi connectivity index (χ3n) is 4.88. The van der Waals surface area contributed by atoms with Crippen molar-refractivity contribution in [2.75, 3.05) is 26.3 Å². The number of morpholine rings is 1. The van der Waals surface area contributed by atoms with E-state index in [0.717, 1.165) is 32.4 Å². The van der Waals surface area contributed by atoms with Crippen LogP contribution in [0.3, 0.4) is 0 Å². The molecule has 21 heavy (non-hydrogen) atoms. The Bertz CT molecular complexity index is 375. The molecule has 2 saturated heterocycles. The SMILES string of the molecule is CC1(C)CN(C2CC3(CCC2N)OCCO3)CC(C)(C)O1. The first-order valence-electron chi connectivity index (χ1n) is 8.18. The van der Waals surface area contributed by atoms with Crippen LogP contribution >= 0.6 is 0 Å². The van der Waals surface area contributed by atoms with Gasteiger partial charge >= 0.3 is 0 Å². The maximum atomic E-state index is 6.44. The number of rotatable bonds is 1. The largest absolute Gasteiger partial charge is 0.367 e. The average Bonchev–Trinajstić information content (AvgIpc) is 2.77. The van der Waals surface area contributed by atoms with Crippen LogP contribution in [0.25, 0.3) is 0 Å². The topological polar surface area (TPSA) is 57.0 Å². The Labute approximate surface area is 128 Å². The predicted octanol–water partition coefficient (Wildman–Crippen LogP) is 1.50. The molecule has 0 bridgehead atoms. The highest BCUT2D eigenvalue weighted by Crippen LogP contribution is 2.39. The molecule has 2 unspecified atom stereocenters. The van der Waals surface area contributed by atoms with Gasteiger partial charge in [0.1, 0.15) is 0 Å². The van der Waals surface area contributed by atoms with E-state index in [9.17, 15) is 0 Å². The van der Waals surface area contributed by atoms with Gasteiger partial charge in [0.05, 0.1) is 24.4 Å². The lowest BCUT2D eigenvalue weighted by Crippen LogP contribution is -2.65. The number of hydrogen-bond donors (Lipinski definition) is 1. The van der Waals surface area contributed by atoms with E-state index < -0.39 is 0 Å². The highest BCUT2D eigenvalue weighted by Gasteiger charge is 2.49. The van der Waals surface area contributed by atoms with Crippen molar-refractivity contribution in [3.05, 3.63) is 0 Å². The molecule has 2 N–H and O–H groups in total. The molecule has 5 nitrogen and oxygen atoms in total. The zero-order valence-electron chi connectivity index (χ0n) is 13.9. The minimum atomic E-state index is -0.382. The number of hydrogen-bond acceptors (Lipinski definition) is 5. The minimum Gasteiger partial charge on any atom is -0.367 e. The van der Waals surface area contributed by atoms with Crippen LogP contribution in [-0.2, 0) is 14.2 Å². The standard InChI is InChI=1S/C16H30N2O3/c1-14(2)10-18(11-15(3,4)21-14)13-9-16(6-5-12(13)17)19-7-8-20-16/h12-13H,5-11,17H2,1-4H3. The fraction of sp³-hybridized carbons (Fsp3) is 1.00. The van der Waals surface area contributed by atoms with E-state index in [1.165, 1.54) is 0 Å². The summed E-state index contributed by atoms with van der Waals surface area (Å²) in [5.74, 6) is -0.382. The molecule has 2 aliphatic heterocycles. The number of nitrogens with two attached hydrogens (primary N) is 1. The molecule has 0 amide bonds. The molecule has 3 rings (SSSR count). The molecule has 1 spiro atoms. The molecule has 0 aromatic heterocycles. The molecule has 122 valence electrons. The summed E-state index contributed by atoms with van der Waals surface area (Å²) in [7, 11) is 0. The lowest BCUT2D eigenvalue weighted by Gasteiger charge is -2.53. The zero-order valence-corrected chi connectivity index (χ0v) is 13.9. The first-order valence-corrected chi connectivity index (χ1v) is 8.18. The maximum absolute atomic E-state index is 6.44. The molecule has 0 radical (unpaired) electrons. The summed E-state index contributed by atoms with van der Waals surface area (Å²) in [4.78, 5) is 2.50. The molecular formula is C16H30N2O3. The second kappa shape index (κ2) is 5.17. The molecule has 0 aromatic rings. The monoisotopic (exact) mass is 298 g/mol. The van der Waals surface area contributed by atoms with Crippen molar-refractivity contribution >= 4 is 0 Å². The van der Waals surface area contributed by atoms with Crippen molar-refractivity contribution in [3.63, 3.8) is 0 Å². The second-order valence-corrected chi connectivity index (χ2v) is 8.11. The van der Waals surface area contributed by atoms with Gasteiger partial charge in [-0.05, 0) is 34.1 Å². The lowest BCUT2D eigenvalue weighted by atomic mass is 9.83. The fourth-order valence-corrected chi connectivity index (χ4v) is 4.39. The van der Waals surface area contributed by atoms with E-state index in [-0.39, 0.29) is 23.0 Å². The Hall–Kier alpha value is -0.200. The summed E-state index contributed by atoms with van der Waals surface area (Å²) in [5, 5.41) is 0. The van der Waals surface area contributed by atoms with Gasteiger partial charge in [-0.3, -0.25) is 4.90 Å². The first-order chi connectivity index (χ1) is 9.71.